The minimum absolute atomic E-state index is 0.0520. The van der Waals surface area contributed by atoms with E-state index in [2.05, 4.69) is 25.3 Å². The lowest BCUT2D eigenvalue weighted by Crippen LogP contribution is -2.17. The minimum Gasteiger partial charge on any atom is -0.508 e. The first-order valence-corrected chi connectivity index (χ1v) is 13.7. The molecule has 0 aliphatic rings. The Morgan fingerprint density at radius 3 is 2.25 bits per heavy atom. The Bertz CT molecular complexity index is 1800. The Labute approximate surface area is 230 Å². The van der Waals surface area contributed by atoms with Crippen LogP contribution in [0, 0.1) is 0 Å². The molecular formula is C29H25N5O5S. The molecule has 11 heteroatoms. The number of fused-ring (bicyclic) bond motifs is 1. The molecule has 10 nitrogen and oxygen atoms in total. The highest BCUT2D eigenvalue weighted by molar-refractivity contribution is 7.92. The van der Waals surface area contributed by atoms with Crippen LogP contribution in [-0.2, 0) is 21.2 Å². The average molecular weight is 556 g/mol. The van der Waals surface area contributed by atoms with Crippen molar-refractivity contribution in [1.29, 1.82) is 0 Å². The van der Waals surface area contributed by atoms with Crippen LogP contribution in [-0.4, -0.2) is 36.5 Å². The summed E-state index contributed by atoms with van der Waals surface area (Å²) in [5, 5.41) is 15.8. The van der Waals surface area contributed by atoms with Crippen LogP contribution < -0.4 is 20.1 Å². The summed E-state index contributed by atoms with van der Waals surface area (Å²) in [4.78, 5) is 21.5. The van der Waals surface area contributed by atoms with Gasteiger partial charge in [-0.2, -0.15) is 0 Å². The van der Waals surface area contributed by atoms with Gasteiger partial charge in [-0.05, 0) is 35.9 Å². The Morgan fingerprint density at radius 2 is 1.52 bits per heavy atom. The van der Waals surface area contributed by atoms with Crippen LogP contribution in [0.2, 0.25) is 0 Å². The number of aromatic hydroxyl groups is 1. The fourth-order valence-corrected chi connectivity index (χ4v) is 5.04. The number of carbonyl (C=O) groups excluding carboxylic acids is 1. The molecule has 0 radical (unpaired) electrons. The van der Waals surface area contributed by atoms with E-state index in [9.17, 15) is 18.3 Å². The van der Waals surface area contributed by atoms with Crippen molar-refractivity contribution in [2.24, 2.45) is 0 Å². The lowest BCUT2D eigenvalue weighted by molar-refractivity contribution is -0.115. The van der Waals surface area contributed by atoms with Gasteiger partial charge >= 0.3 is 0 Å². The first kappa shape index (κ1) is 26.4. The van der Waals surface area contributed by atoms with Gasteiger partial charge in [0.25, 0.3) is 10.0 Å². The summed E-state index contributed by atoms with van der Waals surface area (Å²) >= 11 is 0. The normalized spacial score (nSPS) is 11.1. The smallest absolute Gasteiger partial charge is 0.263 e. The molecule has 4 aromatic carbocycles. The van der Waals surface area contributed by atoms with Crippen LogP contribution >= 0.6 is 0 Å². The van der Waals surface area contributed by atoms with Crippen LogP contribution in [0.5, 0.6) is 11.5 Å². The number of methoxy groups -OCH3 is 1. The molecule has 4 N–H and O–H groups in total. The number of phenolic OH excluding ortho intramolecular Hbond substituents is 1. The van der Waals surface area contributed by atoms with Crippen molar-refractivity contribution in [3.05, 3.63) is 103 Å². The lowest BCUT2D eigenvalue weighted by atomic mass is 10.1. The van der Waals surface area contributed by atoms with Crippen molar-refractivity contribution in [1.82, 2.24) is 9.97 Å². The molecule has 0 saturated heterocycles. The minimum atomic E-state index is -4.15. The zero-order valence-corrected chi connectivity index (χ0v) is 22.1. The van der Waals surface area contributed by atoms with Crippen LogP contribution in [0.15, 0.2) is 102 Å². The number of carbonyl (C=O) groups is 1. The van der Waals surface area contributed by atoms with E-state index < -0.39 is 10.0 Å². The quantitative estimate of drug-likeness (QED) is 0.197. The zero-order valence-electron chi connectivity index (χ0n) is 21.3. The first-order valence-electron chi connectivity index (χ1n) is 12.2. The number of amides is 1. The fraction of sp³-hybridized carbons (Fsp3) is 0.0690. The molecule has 0 atom stereocenters. The summed E-state index contributed by atoms with van der Waals surface area (Å²) in [6, 6.07) is 26.7. The van der Waals surface area contributed by atoms with E-state index >= 15 is 0 Å². The molecule has 5 aromatic rings. The number of phenols is 1. The molecule has 5 rings (SSSR count). The molecule has 0 fully saturated rings. The van der Waals surface area contributed by atoms with Gasteiger partial charge in [-0.25, -0.2) is 18.4 Å². The molecule has 0 aliphatic carbocycles. The van der Waals surface area contributed by atoms with Crippen molar-refractivity contribution in [2.75, 3.05) is 22.5 Å². The van der Waals surface area contributed by atoms with Gasteiger partial charge in [0.2, 0.25) is 5.91 Å². The summed E-state index contributed by atoms with van der Waals surface area (Å²) in [7, 11) is -2.69. The Morgan fingerprint density at radius 1 is 0.825 bits per heavy atom. The van der Waals surface area contributed by atoms with Gasteiger partial charge in [0.15, 0.2) is 11.6 Å². The number of hydrogen-bond acceptors (Lipinski definition) is 8. The third-order valence-corrected chi connectivity index (χ3v) is 7.16. The predicted molar refractivity (Wildman–Crippen MR) is 154 cm³/mol. The van der Waals surface area contributed by atoms with Gasteiger partial charge in [0.1, 0.15) is 11.5 Å². The largest absolute Gasteiger partial charge is 0.508 e. The summed E-state index contributed by atoms with van der Waals surface area (Å²) in [6.07, 6.45) is 0.150. The molecule has 0 saturated carbocycles. The standard InChI is InChI=1S/C29H25N5O5S/c1-39-23-16-21(15-22(35)18-23)31-28-29(33-26-13-6-5-12-25(26)32-28)34-40(37,38)24-11-7-10-20(17-24)30-27(36)14-19-8-3-2-4-9-19/h2-13,15-18,35H,14H2,1H3,(H,30,36)(H,31,32)(H,33,34). The number of sulfonamides is 1. The van der Waals surface area contributed by atoms with Gasteiger partial charge in [-0.1, -0.05) is 48.5 Å². The topological polar surface area (TPSA) is 143 Å². The summed E-state index contributed by atoms with van der Waals surface area (Å²) in [6.45, 7) is 0. The molecule has 1 amide bonds. The predicted octanol–water partition coefficient (Wildman–Crippen LogP) is 5.07. The Kier molecular flexibility index (Phi) is 7.47. The SMILES string of the molecule is COc1cc(O)cc(Nc2nc3ccccc3nc2NS(=O)(=O)c2cccc(NC(=O)Cc3ccccc3)c2)c1. The lowest BCUT2D eigenvalue weighted by Gasteiger charge is -2.15. The van der Waals surface area contributed by atoms with E-state index in [0.29, 0.717) is 28.2 Å². The first-order chi connectivity index (χ1) is 19.3. The zero-order chi connectivity index (χ0) is 28.1. The number of hydrogen-bond donors (Lipinski definition) is 4. The van der Waals surface area contributed by atoms with Crippen LogP contribution in [0.1, 0.15) is 5.56 Å². The number of ether oxygens (including phenoxy) is 1. The summed E-state index contributed by atoms with van der Waals surface area (Å²) in [5.41, 5.74) is 2.58. The van der Waals surface area contributed by atoms with Crippen molar-refractivity contribution in [3.8, 4) is 11.5 Å². The molecule has 0 aliphatic heterocycles. The van der Waals surface area contributed by atoms with Crippen molar-refractivity contribution >= 4 is 50.0 Å². The van der Waals surface area contributed by atoms with E-state index in [1.807, 2.05) is 30.3 Å². The highest BCUT2D eigenvalue weighted by Gasteiger charge is 2.20. The Hall–Kier alpha value is -5.16. The van der Waals surface area contributed by atoms with Gasteiger partial charge < -0.3 is 20.5 Å². The van der Waals surface area contributed by atoms with E-state index in [0.717, 1.165) is 5.56 Å². The van der Waals surface area contributed by atoms with E-state index in [1.54, 1.807) is 36.4 Å². The molecule has 0 spiro atoms. The molecule has 202 valence electrons. The number of nitrogens with one attached hydrogen (secondary N) is 3. The van der Waals surface area contributed by atoms with Gasteiger partial charge in [0.05, 0.1) is 29.5 Å². The second kappa shape index (κ2) is 11.3. The van der Waals surface area contributed by atoms with E-state index in [4.69, 9.17) is 4.74 Å². The monoisotopic (exact) mass is 555 g/mol. The Balaban J connectivity index is 1.43. The third kappa shape index (κ3) is 6.27. The summed E-state index contributed by atoms with van der Waals surface area (Å²) < 4.78 is 34.6. The fourth-order valence-electron chi connectivity index (χ4n) is 3.98. The van der Waals surface area contributed by atoms with Crippen LogP contribution in [0.3, 0.4) is 0 Å². The highest BCUT2D eigenvalue weighted by Crippen LogP contribution is 2.31. The van der Waals surface area contributed by atoms with Crippen LogP contribution in [0.25, 0.3) is 11.0 Å². The van der Waals surface area contributed by atoms with Crippen molar-refractivity contribution in [2.45, 2.75) is 11.3 Å². The maximum absolute atomic E-state index is 13.4. The third-order valence-electron chi connectivity index (χ3n) is 5.83. The number of aromatic nitrogens is 2. The molecule has 0 unspecified atom stereocenters. The second-order valence-corrected chi connectivity index (χ2v) is 10.5. The molecule has 1 aromatic heterocycles. The van der Waals surface area contributed by atoms with Crippen molar-refractivity contribution in [3.63, 3.8) is 0 Å². The molecular weight excluding hydrogens is 530 g/mol. The average Bonchev–Trinajstić information content (AvgIpc) is 2.93. The van der Waals surface area contributed by atoms with E-state index in [1.165, 1.54) is 37.4 Å². The van der Waals surface area contributed by atoms with Gasteiger partial charge in [-0.3, -0.25) is 9.52 Å². The summed E-state index contributed by atoms with van der Waals surface area (Å²) in [5.74, 6) is 0.122. The van der Waals surface area contributed by atoms with Gasteiger partial charge in [-0.15, -0.1) is 0 Å². The molecule has 1 heterocycles. The molecule has 0 bridgehead atoms. The van der Waals surface area contributed by atoms with Gasteiger partial charge in [0, 0.05) is 29.6 Å². The number of anilines is 4. The second-order valence-electron chi connectivity index (χ2n) is 8.80. The van der Waals surface area contributed by atoms with E-state index in [-0.39, 0.29) is 34.6 Å². The maximum atomic E-state index is 13.4. The number of nitrogens with zero attached hydrogens (tertiary/aromatic N) is 2. The molecule has 40 heavy (non-hydrogen) atoms. The van der Waals surface area contributed by atoms with Crippen molar-refractivity contribution < 1.29 is 23.1 Å². The maximum Gasteiger partial charge on any atom is 0.263 e. The number of rotatable bonds is 9. The number of para-hydroxylation sites is 2. The van der Waals surface area contributed by atoms with Crippen LogP contribution in [0.4, 0.5) is 23.0 Å². The number of benzene rings is 4. The highest BCUT2D eigenvalue weighted by atomic mass is 32.2.